The second-order valence-electron chi connectivity index (χ2n) is 11.3. The molecular formula is C38H67NOS. The van der Waals surface area contributed by atoms with Crippen molar-refractivity contribution in [1.82, 2.24) is 5.32 Å². The lowest BCUT2D eigenvalue weighted by Gasteiger charge is -2.33. The van der Waals surface area contributed by atoms with Gasteiger partial charge in [-0.1, -0.05) is 122 Å². The topological polar surface area (TPSA) is 29.1 Å². The van der Waals surface area contributed by atoms with Crippen LogP contribution in [0.4, 0.5) is 0 Å². The summed E-state index contributed by atoms with van der Waals surface area (Å²) in [4.78, 5) is 9.44. The van der Waals surface area contributed by atoms with Crippen LogP contribution in [0.3, 0.4) is 0 Å². The lowest BCUT2D eigenvalue weighted by molar-refractivity contribution is -0.115. The molecule has 0 amide bonds. The van der Waals surface area contributed by atoms with E-state index < -0.39 is 0 Å². The molecule has 0 saturated heterocycles. The van der Waals surface area contributed by atoms with E-state index in [2.05, 4.69) is 136 Å². The fourth-order valence-corrected chi connectivity index (χ4v) is 3.63. The van der Waals surface area contributed by atoms with Crippen LogP contribution in [0.1, 0.15) is 130 Å². The first-order valence-electron chi connectivity index (χ1n) is 15.3. The molecular weight excluding hydrogens is 518 g/mol. The van der Waals surface area contributed by atoms with E-state index in [0.717, 1.165) is 17.2 Å². The molecule has 0 saturated carbocycles. The van der Waals surface area contributed by atoms with E-state index in [1.165, 1.54) is 67.3 Å². The van der Waals surface area contributed by atoms with Crippen molar-refractivity contribution in [2.75, 3.05) is 6.26 Å². The zero-order valence-electron chi connectivity index (χ0n) is 29.7. The molecule has 1 N–H and O–H groups in total. The van der Waals surface area contributed by atoms with E-state index >= 15 is 0 Å². The Balaban J connectivity index is -0.000000259. The minimum Gasteiger partial charge on any atom is -0.380 e. The van der Waals surface area contributed by atoms with Gasteiger partial charge in [0.2, 0.25) is 0 Å². The number of benzene rings is 2. The fraction of sp³-hybridized carbons (Fsp3) is 0.553. The van der Waals surface area contributed by atoms with Gasteiger partial charge in [0.05, 0.1) is 0 Å². The summed E-state index contributed by atoms with van der Waals surface area (Å²) in [7, 11) is 0. The molecule has 0 heterocycles. The van der Waals surface area contributed by atoms with Gasteiger partial charge in [0, 0.05) is 11.2 Å². The monoisotopic (exact) mass is 585 g/mol. The number of aryl methyl sites for hydroxylation is 3. The Kier molecular flexibility index (Phi) is 31.1. The molecule has 0 radical (unpaired) electrons. The first kappa shape index (κ1) is 45.7. The van der Waals surface area contributed by atoms with Crippen LogP contribution in [-0.4, -0.2) is 17.6 Å². The van der Waals surface area contributed by atoms with Crippen molar-refractivity contribution < 1.29 is 4.79 Å². The molecule has 2 aromatic rings. The van der Waals surface area contributed by atoms with Crippen molar-refractivity contribution >= 4 is 29.7 Å². The molecule has 0 aliphatic carbocycles. The smallest absolute Gasteiger partial charge is 0.126 e. The van der Waals surface area contributed by atoms with E-state index in [4.69, 9.17) is 0 Å². The summed E-state index contributed by atoms with van der Waals surface area (Å²) in [6, 6.07) is 14.9. The van der Waals surface area contributed by atoms with Gasteiger partial charge < -0.3 is 10.1 Å². The van der Waals surface area contributed by atoms with E-state index in [-0.39, 0.29) is 11.3 Å². The quantitative estimate of drug-likeness (QED) is 0.302. The minimum absolute atomic E-state index is 0.166. The molecule has 0 aliphatic rings. The molecule has 0 aliphatic heterocycles. The van der Waals surface area contributed by atoms with Crippen molar-refractivity contribution in [3.8, 4) is 0 Å². The van der Waals surface area contributed by atoms with Gasteiger partial charge in [-0.15, -0.1) is 0 Å². The molecule has 0 bridgehead atoms. The Hall–Kier alpha value is -2.26. The van der Waals surface area contributed by atoms with Crippen LogP contribution in [0, 0.1) is 26.7 Å². The lowest BCUT2D eigenvalue weighted by atomic mass is 9.90. The molecule has 3 heteroatoms. The number of rotatable bonds is 8. The molecule has 236 valence electrons. The average Bonchev–Trinajstić information content (AvgIpc) is 2.88. The number of allylic oxidation sites excluding steroid dienone is 1. The largest absolute Gasteiger partial charge is 0.380 e. The molecule has 0 fully saturated rings. The van der Waals surface area contributed by atoms with E-state index in [1.807, 2.05) is 20.8 Å². The number of hydrogen-bond donors (Lipinski definition) is 2. The van der Waals surface area contributed by atoms with Crippen LogP contribution >= 0.6 is 12.6 Å². The normalized spacial score (nSPS) is 9.39. The highest BCUT2D eigenvalue weighted by Gasteiger charge is 2.22. The van der Waals surface area contributed by atoms with Crippen LogP contribution in [0.15, 0.2) is 55.6 Å². The first-order chi connectivity index (χ1) is 19.1. The summed E-state index contributed by atoms with van der Waals surface area (Å²) < 4.78 is 0. The SMILES string of the molecule is C=C(C)c1cccc(C)c1.C=C(NC(C)(CCC)CCC)c1ccc(C)c(C)c1.CC.CC(C)=O.CC(C)C.CS. The predicted octanol–water partition coefficient (Wildman–Crippen LogP) is 12.1. The molecule has 2 aromatic carbocycles. The number of ketones is 1. The average molecular weight is 586 g/mol. The standard InChI is InChI=1S/C18H29N.C10H12.C4H10.C3H6O.C2H6.CH4S/c1-7-11-18(6,12-8-2)19-16(5)17-10-9-14(3)15(4)13-17;1-8(2)10-6-4-5-9(3)7-10;1-4(2)3;1-3(2)4;2*1-2/h9-10,13,19H,5,7-8,11-12H2,1-4,6H3;4-7H,1H2,2-3H3;4H,1-3H3;1-2H3;1-2H3;2H,1H3. The van der Waals surface area contributed by atoms with E-state index in [9.17, 15) is 4.79 Å². The molecule has 41 heavy (non-hydrogen) atoms. The van der Waals surface area contributed by atoms with Crippen LogP contribution in [-0.2, 0) is 4.79 Å². The fourth-order valence-electron chi connectivity index (χ4n) is 3.63. The van der Waals surface area contributed by atoms with Crippen LogP contribution < -0.4 is 5.32 Å². The van der Waals surface area contributed by atoms with Gasteiger partial charge in [0.1, 0.15) is 5.78 Å². The zero-order valence-corrected chi connectivity index (χ0v) is 30.6. The summed E-state index contributed by atoms with van der Waals surface area (Å²) in [5.41, 5.74) is 8.74. The summed E-state index contributed by atoms with van der Waals surface area (Å²) in [5, 5.41) is 3.66. The van der Waals surface area contributed by atoms with Gasteiger partial charge in [-0.25, -0.2) is 0 Å². The third kappa shape index (κ3) is 27.7. The highest BCUT2D eigenvalue weighted by molar-refractivity contribution is 7.79. The van der Waals surface area contributed by atoms with Crippen LogP contribution in [0.5, 0.6) is 0 Å². The molecule has 2 rings (SSSR count). The number of thiol groups is 1. The van der Waals surface area contributed by atoms with Gasteiger partial charge in [0.25, 0.3) is 0 Å². The summed E-state index contributed by atoms with van der Waals surface area (Å²) in [5.74, 6) is 1.00. The Morgan fingerprint density at radius 2 is 1.27 bits per heavy atom. The number of hydrogen-bond acceptors (Lipinski definition) is 3. The van der Waals surface area contributed by atoms with Crippen molar-refractivity contribution in [2.24, 2.45) is 5.92 Å². The Morgan fingerprint density at radius 1 is 0.829 bits per heavy atom. The van der Waals surface area contributed by atoms with Gasteiger partial charge >= 0.3 is 0 Å². The minimum atomic E-state index is 0.166. The van der Waals surface area contributed by atoms with Gasteiger partial charge in [-0.2, -0.15) is 12.6 Å². The molecule has 2 nitrogen and oxygen atoms in total. The number of nitrogens with one attached hydrogen (secondary N) is 1. The van der Waals surface area contributed by atoms with Gasteiger partial charge in [-0.05, 0) is 102 Å². The lowest BCUT2D eigenvalue weighted by Crippen LogP contribution is -2.40. The Morgan fingerprint density at radius 3 is 1.59 bits per heavy atom. The van der Waals surface area contributed by atoms with Crippen molar-refractivity contribution in [3.05, 3.63) is 83.4 Å². The van der Waals surface area contributed by atoms with Crippen molar-refractivity contribution in [2.45, 2.75) is 128 Å². The third-order valence-electron chi connectivity index (χ3n) is 5.42. The second-order valence-corrected chi connectivity index (χ2v) is 11.3. The molecule has 0 spiro atoms. The zero-order chi connectivity index (χ0) is 33.2. The van der Waals surface area contributed by atoms with Gasteiger partial charge in [-0.3, -0.25) is 0 Å². The van der Waals surface area contributed by atoms with Crippen molar-refractivity contribution in [3.63, 3.8) is 0 Å². The Labute approximate surface area is 262 Å². The first-order valence-corrected chi connectivity index (χ1v) is 16.2. The summed E-state index contributed by atoms with van der Waals surface area (Å²) in [6.45, 7) is 36.9. The van der Waals surface area contributed by atoms with E-state index in [0.29, 0.717) is 0 Å². The summed E-state index contributed by atoms with van der Waals surface area (Å²) in [6.07, 6.45) is 6.46. The summed E-state index contributed by atoms with van der Waals surface area (Å²) >= 11 is 3.53. The maximum Gasteiger partial charge on any atom is 0.126 e. The maximum atomic E-state index is 9.44. The number of carbonyl (C=O) groups is 1. The number of carbonyl (C=O) groups excluding carboxylic acids is 1. The van der Waals surface area contributed by atoms with Crippen LogP contribution in [0.2, 0.25) is 0 Å². The second kappa shape index (κ2) is 27.9. The van der Waals surface area contributed by atoms with Crippen LogP contribution in [0.25, 0.3) is 11.3 Å². The highest BCUT2D eigenvalue weighted by atomic mass is 32.1. The third-order valence-corrected chi connectivity index (χ3v) is 5.42. The maximum absolute atomic E-state index is 9.44. The predicted molar refractivity (Wildman–Crippen MR) is 195 cm³/mol. The molecule has 0 atom stereocenters. The van der Waals surface area contributed by atoms with E-state index in [1.54, 1.807) is 6.26 Å². The van der Waals surface area contributed by atoms with Crippen molar-refractivity contribution in [1.29, 1.82) is 0 Å². The Bertz CT molecular complexity index is 946. The molecule has 0 unspecified atom stereocenters. The molecule has 0 aromatic heterocycles. The highest BCUT2D eigenvalue weighted by Crippen LogP contribution is 2.24. The number of Topliss-reactive ketones (excluding diaryl/α,β-unsaturated/α-hetero) is 1. The van der Waals surface area contributed by atoms with Gasteiger partial charge in [0.15, 0.2) is 0 Å².